The Morgan fingerprint density at radius 3 is 2.04 bits per heavy atom. The van der Waals surface area contributed by atoms with Crippen LogP contribution in [-0.4, -0.2) is 13.0 Å². The Morgan fingerprint density at radius 1 is 0.833 bits per heavy atom. The van der Waals surface area contributed by atoms with Crippen LogP contribution in [0.2, 0.25) is 0 Å². The van der Waals surface area contributed by atoms with Crippen molar-refractivity contribution in [1.82, 2.24) is 0 Å². The van der Waals surface area contributed by atoms with Crippen molar-refractivity contribution >= 4 is 17.3 Å². The average Bonchev–Trinajstić information content (AvgIpc) is 2.65. The van der Waals surface area contributed by atoms with Gasteiger partial charge in [-0.1, -0.05) is 48.5 Å². The molecule has 0 aliphatic heterocycles. The zero-order chi connectivity index (χ0) is 16.8. The normalized spacial score (nSPS) is 10.2. The molecule has 0 radical (unpaired) electrons. The molecular weight excluding hydrogens is 296 g/mol. The molecule has 1 N–H and O–H groups in total. The van der Waals surface area contributed by atoms with E-state index in [4.69, 9.17) is 0 Å². The van der Waals surface area contributed by atoms with Gasteiger partial charge < -0.3 is 10.2 Å². The lowest BCUT2D eigenvalue weighted by atomic mass is 10.1. The fourth-order valence-corrected chi connectivity index (χ4v) is 2.53. The van der Waals surface area contributed by atoms with Gasteiger partial charge in [0.25, 0.3) is 5.91 Å². The lowest BCUT2D eigenvalue weighted by molar-refractivity contribution is 0.102. The molecular formula is C21H20N2O. The van der Waals surface area contributed by atoms with Crippen LogP contribution in [0.4, 0.5) is 11.4 Å². The van der Waals surface area contributed by atoms with E-state index in [1.165, 1.54) is 11.3 Å². The Morgan fingerprint density at radius 2 is 1.42 bits per heavy atom. The zero-order valence-corrected chi connectivity index (χ0v) is 13.6. The van der Waals surface area contributed by atoms with Crippen molar-refractivity contribution in [3.63, 3.8) is 0 Å². The van der Waals surface area contributed by atoms with Crippen LogP contribution in [-0.2, 0) is 6.54 Å². The number of hydrogen-bond donors (Lipinski definition) is 1. The Hall–Kier alpha value is -3.07. The number of nitrogens with one attached hydrogen (secondary N) is 1. The molecule has 3 aromatic rings. The minimum atomic E-state index is -0.0928. The van der Waals surface area contributed by atoms with E-state index < -0.39 is 0 Å². The molecule has 120 valence electrons. The highest BCUT2D eigenvalue weighted by molar-refractivity contribution is 6.04. The standard InChI is InChI=1S/C21H20N2O/c1-23(20-10-6-3-7-11-20)16-17-12-14-19(15-13-17)22-21(24)18-8-4-2-5-9-18/h2-15H,16H2,1H3,(H,22,24). The summed E-state index contributed by atoms with van der Waals surface area (Å²) in [7, 11) is 2.07. The van der Waals surface area contributed by atoms with E-state index in [9.17, 15) is 4.79 Å². The molecule has 3 nitrogen and oxygen atoms in total. The Bertz CT molecular complexity index is 783. The smallest absolute Gasteiger partial charge is 0.255 e. The molecule has 0 saturated carbocycles. The first-order valence-electron chi connectivity index (χ1n) is 7.94. The molecule has 1 amide bonds. The van der Waals surface area contributed by atoms with E-state index in [0.29, 0.717) is 5.56 Å². The maximum atomic E-state index is 12.1. The lowest BCUT2D eigenvalue weighted by Crippen LogP contribution is -2.16. The number of anilines is 2. The summed E-state index contributed by atoms with van der Waals surface area (Å²) in [6.07, 6.45) is 0. The second kappa shape index (κ2) is 7.47. The van der Waals surface area contributed by atoms with Crippen LogP contribution in [0.15, 0.2) is 84.9 Å². The van der Waals surface area contributed by atoms with Crippen molar-refractivity contribution in [3.05, 3.63) is 96.1 Å². The van der Waals surface area contributed by atoms with Crippen LogP contribution in [0.5, 0.6) is 0 Å². The topological polar surface area (TPSA) is 32.3 Å². The number of amides is 1. The van der Waals surface area contributed by atoms with Gasteiger partial charge in [0.15, 0.2) is 0 Å². The van der Waals surface area contributed by atoms with Gasteiger partial charge in [-0.3, -0.25) is 4.79 Å². The van der Waals surface area contributed by atoms with Crippen molar-refractivity contribution in [2.24, 2.45) is 0 Å². The molecule has 0 bridgehead atoms. The van der Waals surface area contributed by atoms with Gasteiger partial charge in [-0.25, -0.2) is 0 Å². The summed E-state index contributed by atoms with van der Waals surface area (Å²) in [5, 5.41) is 2.92. The molecule has 0 spiro atoms. The van der Waals surface area contributed by atoms with Crippen LogP contribution in [0.3, 0.4) is 0 Å². The van der Waals surface area contributed by atoms with Crippen LogP contribution in [0, 0.1) is 0 Å². The first-order chi connectivity index (χ1) is 11.7. The molecule has 3 heteroatoms. The molecule has 0 aromatic heterocycles. The van der Waals surface area contributed by atoms with Crippen molar-refractivity contribution in [2.45, 2.75) is 6.54 Å². The summed E-state index contributed by atoms with van der Waals surface area (Å²) in [5.74, 6) is -0.0928. The van der Waals surface area contributed by atoms with Gasteiger partial charge >= 0.3 is 0 Å². The van der Waals surface area contributed by atoms with E-state index in [2.05, 4.69) is 29.4 Å². The van der Waals surface area contributed by atoms with E-state index in [1.54, 1.807) is 12.1 Å². The molecule has 0 atom stereocenters. The van der Waals surface area contributed by atoms with Gasteiger partial charge in [0.2, 0.25) is 0 Å². The summed E-state index contributed by atoms with van der Waals surface area (Å²) >= 11 is 0. The van der Waals surface area contributed by atoms with Crippen molar-refractivity contribution in [1.29, 1.82) is 0 Å². The predicted octanol–water partition coefficient (Wildman–Crippen LogP) is 4.58. The summed E-state index contributed by atoms with van der Waals surface area (Å²) < 4.78 is 0. The van der Waals surface area contributed by atoms with E-state index in [-0.39, 0.29) is 5.91 Å². The van der Waals surface area contributed by atoms with E-state index in [1.807, 2.05) is 60.7 Å². The van der Waals surface area contributed by atoms with Crippen LogP contribution < -0.4 is 10.2 Å². The van der Waals surface area contributed by atoms with Gasteiger partial charge in [-0.15, -0.1) is 0 Å². The Labute approximate surface area is 142 Å². The SMILES string of the molecule is CN(Cc1ccc(NC(=O)c2ccccc2)cc1)c1ccccc1. The zero-order valence-electron chi connectivity index (χ0n) is 13.6. The first-order valence-corrected chi connectivity index (χ1v) is 7.94. The van der Waals surface area contributed by atoms with E-state index in [0.717, 1.165) is 12.2 Å². The van der Waals surface area contributed by atoms with Crippen molar-refractivity contribution in [2.75, 3.05) is 17.3 Å². The van der Waals surface area contributed by atoms with E-state index >= 15 is 0 Å². The molecule has 0 heterocycles. The van der Waals surface area contributed by atoms with Crippen molar-refractivity contribution in [3.8, 4) is 0 Å². The highest BCUT2D eigenvalue weighted by Crippen LogP contribution is 2.17. The fraction of sp³-hybridized carbons (Fsp3) is 0.0952. The number of carbonyl (C=O) groups is 1. The number of carbonyl (C=O) groups excluding carboxylic acids is 1. The number of para-hydroxylation sites is 1. The van der Waals surface area contributed by atoms with Crippen LogP contribution in [0.25, 0.3) is 0 Å². The number of hydrogen-bond acceptors (Lipinski definition) is 2. The summed E-state index contributed by atoms with van der Waals surface area (Å²) in [6.45, 7) is 0.816. The number of rotatable bonds is 5. The maximum Gasteiger partial charge on any atom is 0.255 e. The van der Waals surface area contributed by atoms with Gasteiger partial charge in [-0.05, 0) is 42.0 Å². The number of nitrogens with zero attached hydrogens (tertiary/aromatic N) is 1. The molecule has 3 rings (SSSR count). The molecule has 24 heavy (non-hydrogen) atoms. The maximum absolute atomic E-state index is 12.1. The van der Waals surface area contributed by atoms with Crippen LogP contribution >= 0.6 is 0 Å². The monoisotopic (exact) mass is 316 g/mol. The molecule has 3 aromatic carbocycles. The van der Waals surface area contributed by atoms with Crippen molar-refractivity contribution < 1.29 is 4.79 Å². The molecule has 0 fully saturated rings. The quantitative estimate of drug-likeness (QED) is 0.747. The second-order valence-electron chi connectivity index (χ2n) is 5.71. The third-order valence-electron chi connectivity index (χ3n) is 3.86. The molecule has 0 aliphatic rings. The Kier molecular flexibility index (Phi) is 4.92. The van der Waals surface area contributed by atoms with Gasteiger partial charge in [-0.2, -0.15) is 0 Å². The van der Waals surface area contributed by atoms with Gasteiger partial charge in [0.1, 0.15) is 0 Å². The summed E-state index contributed by atoms with van der Waals surface area (Å²) in [6, 6.07) is 27.5. The predicted molar refractivity (Wildman–Crippen MR) is 99.4 cm³/mol. The highest BCUT2D eigenvalue weighted by Gasteiger charge is 2.06. The molecule has 0 unspecified atom stereocenters. The average molecular weight is 316 g/mol. The highest BCUT2D eigenvalue weighted by atomic mass is 16.1. The molecule has 0 saturated heterocycles. The minimum absolute atomic E-state index is 0.0928. The first kappa shape index (κ1) is 15.8. The fourth-order valence-electron chi connectivity index (χ4n) is 2.53. The summed E-state index contributed by atoms with van der Waals surface area (Å²) in [5.41, 5.74) is 3.83. The second-order valence-corrected chi connectivity index (χ2v) is 5.71. The third-order valence-corrected chi connectivity index (χ3v) is 3.86. The molecule has 0 aliphatic carbocycles. The van der Waals surface area contributed by atoms with Crippen LogP contribution in [0.1, 0.15) is 15.9 Å². The summed E-state index contributed by atoms with van der Waals surface area (Å²) in [4.78, 5) is 14.3. The van der Waals surface area contributed by atoms with Gasteiger partial charge in [0.05, 0.1) is 0 Å². The minimum Gasteiger partial charge on any atom is -0.370 e. The lowest BCUT2D eigenvalue weighted by Gasteiger charge is -2.19. The largest absolute Gasteiger partial charge is 0.370 e. The van der Waals surface area contributed by atoms with Gasteiger partial charge in [0, 0.05) is 30.5 Å². The third kappa shape index (κ3) is 4.02. The Balaban J connectivity index is 1.62. The number of benzene rings is 3.